The lowest BCUT2D eigenvalue weighted by Crippen LogP contribution is -2.41. The summed E-state index contributed by atoms with van der Waals surface area (Å²) in [5.74, 6) is 0.286. The molecule has 0 radical (unpaired) electrons. The van der Waals surface area contributed by atoms with Crippen LogP contribution in [0.4, 0.5) is 0 Å². The van der Waals surface area contributed by atoms with Crippen LogP contribution in [0.25, 0.3) is 0 Å². The molecule has 0 atom stereocenters. The summed E-state index contributed by atoms with van der Waals surface area (Å²) in [6.07, 6.45) is 0. The lowest BCUT2D eigenvalue weighted by molar-refractivity contribution is -0.149. The summed E-state index contributed by atoms with van der Waals surface area (Å²) in [4.78, 5) is 23.5. The van der Waals surface area contributed by atoms with E-state index in [-0.39, 0.29) is 5.78 Å². The van der Waals surface area contributed by atoms with Gasteiger partial charge in [-0.3, -0.25) is 4.79 Å². The average molecular weight is 333 g/mol. The summed E-state index contributed by atoms with van der Waals surface area (Å²) in [6.45, 7) is 4.71. The van der Waals surface area contributed by atoms with E-state index in [1.54, 1.807) is 62.4 Å². The third kappa shape index (κ3) is 4.57. The molecule has 0 unspecified atom stereocenters. The number of hydrogen-bond donors (Lipinski definition) is 0. The molecule has 120 valence electrons. The minimum atomic E-state index is -1.17. The zero-order chi connectivity index (χ0) is 17.0. The van der Waals surface area contributed by atoms with Gasteiger partial charge in [0.15, 0.2) is 5.78 Å². The highest BCUT2D eigenvalue weighted by molar-refractivity contribution is 6.30. The number of ether oxygens (including phenoxy) is 2. The Balaban J connectivity index is 2.05. The minimum absolute atomic E-state index is 0.0470. The molecule has 0 aliphatic rings. The fourth-order valence-corrected chi connectivity index (χ4v) is 1.95. The summed E-state index contributed by atoms with van der Waals surface area (Å²) < 4.78 is 11.0. The number of hydrogen-bond acceptors (Lipinski definition) is 4. The molecular weight excluding hydrogens is 316 g/mol. The Morgan fingerprint density at radius 2 is 1.43 bits per heavy atom. The van der Waals surface area contributed by atoms with Gasteiger partial charge < -0.3 is 9.47 Å². The summed E-state index contributed by atoms with van der Waals surface area (Å²) in [7, 11) is 0. The van der Waals surface area contributed by atoms with Crippen LogP contribution >= 0.6 is 11.6 Å². The van der Waals surface area contributed by atoms with Gasteiger partial charge in [-0.2, -0.15) is 0 Å². The Morgan fingerprint density at radius 1 is 0.913 bits per heavy atom. The molecule has 0 fully saturated rings. The normalized spacial score (nSPS) is 11.0. The summed E-state index contributed by atoms with van der Waals surface area (Å²) in [5, 5.41) is 0.586. The van der Waals surface area contributed by atoms with Crippen LogP contribution in [0.1, 0.15) is 31.1 Å². The van der Waals surface area contributed by atoms with Gasteiger partial charge in [0.2, 0.25) is 5.60 Å². The van der Waals surface area contributed by atoms with Crippen molar-refractivity contribution >= 4 is 23.4 Å². The molecular formula is C18H17ClO4. The fraction of sp³-hybridized carbons (Fsp3) is 0.222. The first-order chi connectivity index (χ1) is 10.8. The van der Waals surface area contributed by atoms with Crippen molar-refractivity contribution in [3.8, 4) is 11.5 Å². The van der Waals surface area contributed by atoms with E-state index in [1.807, 2.05) is 0 Å². The summed E-state index contributed by atoms with van der Waals surface area (Å²) in [6, 6.07) is 13.1. The second-order valence-corrected chi connectivity index (χ2v) is 5.97. The van der Waals surface area contributed by atoms with Crippen molar-refractivity contribution in [2.75, 3.05) is 0 Å². The van der Waals surface area contributed by atoms with E-state index in [2.05, 4.69) is 0 Å². The highest BCUT2D eigenvalue weighted by Crippen LogP contribution is 2.23. The Kier molecular flexibility index (Phi) is 5.06. The van der Waals surface area contributed by atoms with Gasteiger partial charge in [-0.25, -0.2) is 4.79 Å². The highest BCUT2D eigenvalue weighted by Gasteiger charge is 2.32. The summed E-state index contributed by atoms with van der Waals surface area (Å²) in [5.41, 5.74) is -0.617. The Hall–Kier alpha value is -2.33. The van der Waals surface area contributed by atoms with E-state index in [0.29, 0.717) is 22.1 Å². The second-order valence-electron chi connectivity index (χ2n) is 5.54. The van der Waals surface area contributed by atoms with Gasteiger partial charge in [-0.15, -0.1) is 0 Å². The van der Waals surface area contributed by atoms with Gasteiger partial charge in [0.1, 0.15) is 11.5 Å². The maximum Gasteiger partial charge on any atom is 0.355 e. The second kappa shape index (κ2) is 6.84. The van der Waals surface area contributed by atoms with Crippen LogP contribution in [0.5, 0.6) is 11.5 Å². The monoisotopic (exact) mass is 332 g/mol. The van der Waals surface area contributed by atoms with Gasteiger partial charge in [0, 0.05) is 10.6 Å². The number of rotatable bonds is 5. The first-order valence-corrected chi connectivity index (χ1v) is 7.43. The molecule has 23 heavy (non-hydrogen) atoms. The molecule has 0 bridgehead atoms. The van der Waals surface area contributed by atoms with Crippen molar-refractivity contribution in [3.05, 3.63) is 59.1 Å². The molecule has 0 saturated carbocycles. The molecule has 0 N–H and O–H groups in total. The summed E-state index contributed by atoms with van der Waals surface area (Å²) >= 11 is 5.82. The Bertz CT molecular complexity index is 703. The molecule has 2 aromatic carbocycles. The number of benzene rings is 2. The predicted octanol–water partition coefficient (Wildman–Crippen LogP) is 4.31. The number of esters is 1. The van der Waals surface area contributed by atoms with E-state index in [1.165, 1.54) is 6.92 Å². The van der Waals surface area contributed by atoms with Crippen molar-refractivity contribution in [2.45, 2.75) is 26.4 Å². The molecule has 2 aromatic rings. The van der Waals surface area contributed by atoms with Gasteiger partial charge in [0.25, 0.3) is 0 Å². The SMILES string of the molecule is CC(=O)c1ccc(OC(=O)C(C)(C)Oc2ccc(Cl)cc2)cc1. The standard InChI is InChI=1S/C18H17ClO4/c1-12(20)13-4-8-15(9-5-13)22-17(21)18(2,3)23-16-10-6-14(19)7-11-16/h4-11H,1-3H3. The topological polar surface area (TPSA) is 52.6 Å². The third-order valence-corrected chi connectivity index (χ3v) is 3.40. The first-order valence-electron chi connectivity index (χ1n) is 7.06. The minimum Gasteiger partial charge on any atom is -0.476 e. The number of carbonyl (C=O) groups excluding carboxylic acids is 2. The number of carbonyl (C=O) groups is 2. The molecule has 2 rings (SSSR count). The number of ketones is 1. The van der Waals surface area contributed by atoms with E-state index in [4.69, 9.17) is 21.1 Å². The number of halogens is 1. The van der Waals surface area contributed by atoms with E-state index in [0.717, 1.165) is 0 Å². The molecule has 0 amide bonds. The zero-order valence-electron chi connectivity index (χ0n) is 13.1. The quantitative estimate of drug-likeness (QED) is 0.465. The fourth-order valence-electron chi connectivity index (χ4n) is 1.83. The van der Waals surface area contributed by atoms with Crippen LogP contribution in [0.3, 0.4) is 0 Å². The van der Waals surface area contributed by atoms with Crippen LogP contribution in [-0.4, -0.2) is 17.4 Å². The molecule has 0 heterocycles. The molecule has 0 saturated heterocycles. The Morgan fingerprint density at radius 3 is 1.96 bits per heavy atom. The van der Waals surface area contributed by atoms with Crippen molar-refractivity contribution in [3.63, 3.8) is 0 Å². The maximum absolute atomic E-state index is 12.3. The smallest absolute Gasteiger partial charge is 0.355 e. The molecule has 0 aliphatic carbocycles. The van der Waals surface area contributed by atoms with Crippen molar-refractivity contribution < 1.29 is 19.1 Å². The lowest BCUT2D eigenvalue weighted by atomic mass is 10.1. The molecule has 5 heteroatoms. The first kappa shape index (κ1) is 17.0. The maximum atomic E-state index is 12.3. The van der Waals surface area contributed by atoms with Crippen LogP contribution in [0.2, 0.25) is 5.02 Å². The van der Waals surface area contributed by atoms with Crippen LogP contribution in [0, 0.1) is 0 Å². The van der Waals surface area contributed by atoms with Gasteiger partial charge in [-0.1, -0.05) is 11.6 Å². The zero-order valence-corrected chi connectivity index (χ0v) is 13.9. The predicted molar refractivity (Wildman–Crippen MR) is 88.2 cm³/mol. The molecule has 4 nitrogen and oxygen atoms in total. The molecule has 0 aromatic heterocycles. The van der Waals surface area contributed by atoms with E-state index in [9.17, 15) is 9.59 Å². The number of Topliss-reactive ketones (excluding diaryl/α,β-unsaturated/α-hetero) is 1. The van der Waals surface area contributed by atoms with Gasteiger partial charge in [-0.05, 0) is 69.3 Å². The van der Waals surface area contributed by atoms with Crippen molar-refractivity contribution in [1.82, 2.24) is 0 Å². The average Bonchev–Trinajstić information content (AvgIpc) is 2.50. The highest BCUT2D eigenvalue weighted by atomic mass is 35.5. The Labute approximate surface area is 140 Å². The molecule has 0 aliphatic heterocycles. The van der Waals surface area contributed by atoms with Crippen LogP contribution in [-0.2, 0) is 4.79 Å². The van der Waals surface area contributed by atoms with Crippen LogP contribution in [0.15, 0.2) is 48.5 Å². The largest absolute Gasteiger partial charge is 0.476 e. The van der Waals surface area contributed by atoms with Crippen LogP contribution < -0.4 is 9.47 Å². The van der Waals surface area contributed by atoms with Gasteiger partial charge in [0.05, 0.1) is 0 Å². The lowest BCUT2D eigenvalue weighted by Gasteiger charge is -2.24. The van der Waals surface area contributed by atoms with Gasteiger partial charge >= 0.3 is 5.97 Å². The van der Waals surface area contributed by atoms with Crippen molar-refractivity contribution in [1.29, 1.82) is 0 Å². The molecule has 0 spiro atoms. The van der Waals surface area contributed by atoms with Crippen molar-refractivity contribution in [2.24, 2.45) is 0 Å². The van der Waals surface area contributed by atoms with E-state index < -0.39 is 11.6 Å². The third-order valence-electron chi connectivity index (χ3n) is 3.15. The van der Waals surface area contributed by atoms with E-state index >= 15 is 0 Å².